The first-order valence-corrected chi connectivity index (χ1v) is 13.1. The lowest BCUT2D eigenvalue weighted by atomic mass is 10.00. The molecule has 2 saturated heterocycles. The molecular weight excluding hydrogens is 558 g/mol. The van der Waals surface area contributed by atoms with Gasteiger partial charge in [0.05, 0.1) is 13.2 Å². The molecule has 10 atom stereocenters. The van der Waals surface area contributed by atoms with E-state index in [1.807, 2.05) is 4.98 Å². The molecule has 2 aliphatic heterocycles. The van der Waals surface area contributed by atoms with Crippen LogP contribution in [0, 0.1) is 0 Å². The molecule has 22 heteroatoms. The highest BCUT2D eigenvalue weighted by atomic mass is 31.3. The molecule has 0 saturated carbocycles. The summed E-state index contributed by atoms with van der Waals surface area (Å²) in [6, 6.07) is 0.962. The average Bonchev–Trinajstić information content (AvgIpc) is 3.06. The number of rotatable bonds is 7. The molecule has 2 aliphatic rings. The number of aliphatic hydroxyl groups is 7. The van der Waals surface area contributed by atoms with Crippen molar-refractivity contribution in [3.63, 3.8) is 0 Å². The summed E-state index contributed by atoms with van der Waals surface area (Å²) in [5.74, 6) is 0. The van der Waals surface area contributed by atoms with Gasteiger partial charge in [-0.25, -0.2) is 13.9 Å². The maximum atomic E-state index is 11.7. The second kappa shape index (κ2) is 12.6. The minimum Gasteiger partial charge on any atom is -0.394 e. The van der Waals surface area contributed by atoms with E-state index in [1.165, 1.54) is 0 Å². The molecule has 0 amide bonds. The second-order valence-electron chi connectivity index (χ2n) is 7.62. The van der Waals surface area contributed by atoms with Crippen molar-refractivity contribution >= 4 is 15.6 Å². The standard InChI is InChI=1S/C9H14N2O12P2.C6H12O6/c12-5-1-2-11(9(15)10-5)8-7(14)6(13)4(22-8)3-21-25(19,20)23-24(16,17)18;7-1-2-3(8)4(9)5(10)6(11)12-2/h1-2,4,6-8,13-14H,3H2,(H,19,20)(H,10,12,15)(H2,16,17,18);2-11H,1H2/t4-,6-,7-,8-;2-,3+,4+,5-,6+/m11/s1. The Morgan fingerprint density at radius 1 is 0.892 bits per heavy atom. The van der Waals surface area contributed by atoms with Crippen molar-refractivity contribution in [3.05, 3.63) is 33.1 Å². The predicted octanol–water partition coefficient (Wildman–Crippen LogP) is -5.84. The second-order valence-corrected chi connectivity index (χ2v) is 10.4. The van der Waals surface area contributed by atoms with E-state index in [4.69, 9.17) is 44.9 Å². The topological polar surface area (TPSA) is 328 Å². The number of aromatic amines is 1. The van der Waals surface area contributed by atoms with E-state index >= 15 is 0 Å². The molecule has 11 N–H and O–H groups in total. The summed E-state index contributed by atoms with van der Waals surface area (Å²) in [5, 5.41) is 64.4. The molecule has 2 fully saturated rings. The fraction of sp³-hybridized carbons (Fsp3) is 0.733. The van der Waals surface area contributed by atoms with Crippen LogP contribution in [0.5, 0.6) is 0 Å². The summed E-state index contributed by atoms with van der Waals surface area (Å²) in [6.45, 7) is -1.43. The molecule has 3 heterocycles. The van der Waals surface area contributed by atoms with Gasteiger partial charge in [-0.05, 0) is 0 Å². The summed E-state index contributed by atoms with van der Waals surface area (Å²) >= 11 is 0. The Bertz CT molecular complexity index is 1100. The number of phosphoric acid groups is 2. The average molecular weight is 584 g/mol. The van der Waals surface area contributed by atoms with E-state index in [2.05, 4.69) is 13.6 Å². The van der Waals surface area contributed by atoms with Crippen molar-refractivity contribution < 1.29 is 77.9 Å². The van der Waals surface area contributed by atoms with E-state index in [1.54, 1.807) is 0 Å². The maximum absolute atomic E-state index is 11.7. The third kappa shape index (κ3) is 8.53. The van der Waals surface area contributed by atoms with Crippen LogP contribution in [0.1, 0.15) is 6.23 Å². The molecular formula is C15H26N2O18P2. The number of hydrogen-bond acceptors (Lipinski definition) is 15. The van der Waals surface area contributed by atoms with Gasteiger partial charge in [0, 0.05) is 12.3 Å². The monoisotopic (exact) mass is 584 g/mol. The van der Waals surface area contributed by atoms with Crippen molar-refractivity contribution in [3.8, 4) is 0 Å². The number of phosphoric ester groups is 1. The predicted molar refractivity (Wildman–Crippen MR) is 112 cm³/mol. The fourth-order valence-electron chi connectivity index (χ4n) is 3.13. The number of H-pyrrole nitrogens is 1. The lowest BCUT2D eigenvalue weighted by molar-refractivity contribution is -0.286. The zero-order chi connectivity index (χ0) is 28.3. The molecule has 3 rings (SSSR count). The third-order valence-corrected chi connectivity index (χ3v) is 7.09. The van der Waals surface area contributed by atoms with Gasteiger partial charge in [-0.3, -0.25) is 18.9 Å². The Morgan fingerprint density at radius 3 is 2.03 bits per heavy atom. The zero-order valence-corrected chi connectivity index (χ0v) is 20.1. The summed E-state index contributed by atoms with van der Waals surface area (Å²) in [6.07, 6.45) is -12.3. The van der Waals surface area contributed by atoms with Crippen LogP contribution in [0.3, 0.4) is 0 Å². The van der Waals surface area contributed by atoms with Crippen molar-refractivity contribution in [2.24, 2.45) is 0 Å². The lowest BCUT2D eigenvalue weighted by Gasteiger charge is -2.37. The normalized spacial score (nSPS) is 35.9. The highest BCUT2D eigenvalue weighted by Gasteiger charge is 2.46. The van der Waals surface area contributed by atoms with E-state index in [9.17, 15) is 28.9 Å². The molecule has 1 aromatic rings. The number of aliphatic hydroxyl groups excluding tert-OH is 7. The zero-order valence-electron chi connectivity index (χ0n) is 18.3. The molecule has 0 aliphatic carbocycles. The van der Waals surface area contributed by atoms with Gasteiger partial charge in [-0.2, -0.15) is 4.31 Å². The minimum absolute atomic E-state index is 0.526. The summed E-state index contributed by atoms with van der Waals surface area (Å²) in [5.41, 5.74) is -1.65. The Balaban J connectivity index is 0.000000335. The van der Waals surface area contributed by atoms with Gasteiger partial charge in [0.15, 0.2) is 12.5 Å². The number of ether oxygens (including phenoxy) is 2. The third-order valence-electron chi connectivity index (χ3n) is 4.94. The van der Waals surface area contributed by atoms with Gasteiger partial charge in [0.25, 0.3) is 5.56 Å². The van der Waals surface area contributed by atoms with Gasteiger partial charge < -0.3 is 59.9 Å². The highest BCUT2D eigenvalue weighted by Crippen LogP contribution is 2.57. The van der Waals surface area contributed by atoms with Gasteiger partial charge in [0.2, 0.25) is 0 Å². The van der Waals surface area contributed by atoms with Gasteiger partial charge in [0.1, 0.15) is 42.7 Å². The first-order valence-electron chi connectivity index (χ1n) is 10.0. The molecule has 214 valence electrons. The quantitative estimate of drug-likeness (QED) is 0.133. The Morgan fingerprint density at radius 2 is 1.49 bits per heavy atom. The number of nitrogens with one attached hydrogen (secondary N) is 1. The summed E-state index contributed by atoms with van der Waals surface area (Å²) < 4.78 is 40.2. The number of nitrogens with zero attached hydrogens (tertiary/aromatic N) is 1. The fourth-order valence-corrected chi connectivity index (χ4v) is 4.73. The van der Waals surface area contributed by atoms with Crippen LogP contribution in [-0.4, -0.2) is 122 Å². The smallest absolute Gasteiger partial charge is 0.394 e. The molecule has 37 heavy (non-hydrogen) atoms. The van der Waals surface area contributed by atoms with Crippen molar-refractivity contribution in [1.82, 2.24) is 9.55 Å². The van der Waals surface area contributed by atoms with Crippen LogP contribution in [0.15, 0.2) is 21.9 Å². The van der Waals surface area contributed by atoms with Crippen LogP contribution < -0.4 is 11.2 Å². The molecule has 20 nitrogen and oxygen atoms in total. The molecule has 0 aromatic carbocycles. The first-order chi connectivity index (χ1) is 17.0. The number of hydrogen-bond donors (Lipinski definition) is 11. The Labute approximate surface area is 205 Å². The Kier molecular flexibility index (Phi) is 10.8. The minimum atomic E-state index is -5.32. The van der Waals surface area contributed by atoms with Gasteiger partial charge in [-0.1, -0.05) is 0 Å². The first kappa shape index (κ1) is 31.8. The summed E-state index contributed by atoms with van der Waals surface area (Å²) in [4.78, 5) is 50.7. The van der Waals surface area contributed by atoms with Crippen LogP contribution in [-0.2, 0) is 27.4 Å². The van der Waals surface area contributed by atoms with E-state index in [0.717, 1.165) is 16.8 Å². The summed E-state index contributed by atoms with van der Waals surface area (Å²) in [7, 11) is -10.5. The van der Waals surface area contributed by atoms with Crippen molar-refractivity contribution in [2.75, 3.05) is 13.2 Å². The molecule has 0 radical (unpaired) electrons. The molecule has 0 spiro atoms. The highest BCUT2D eigenvalue weighted by molar-refractivity contribution is 7.60. The van der Waals surface area contributed by atoms with Crippen molar-refractivity contribution in [2.45, 2.75) is 55.2 Å². The lowest BCUT2D eigenvalue weighted by Crippen LogP contribution is -2.58. The van der Waals surface area contributed by atoms with E-state index in [-0.39, 0.29) is 0 Å². The molecule has 0 bridgehead atoms. The van der Waals surface area contributed by atoms with E-state index < -0.39 is 95.4 Å². The van der Waals surface area contributed by atoms with Crippen LogP contribution in [0.4, 0.5) is 0 Å². The SMILES string of the molecule is O=c1ccn([C@@H]2O[C@H](COP(=O)(O)OP(=O)(O)O)[C@@H](O)[C@H]2O)c(=O)[nH]1.OC[C@H]1O[C@H](O)[C@H](O)[C@@H](O)[C@H]1O. The molecule has 1 aromatic heterocycles. The van der Waals surface area contributed by atoms with Crippen LogP contribution in [0.25, 0.3) is 0 Å². The van der Waals surface area contributed by atoms with Crippen molar-refractivity contribution in [1.29, 1.82) is 0 Å². The van der Waals surface area contributed by atoms with Gasteiger partial charge >= 0.3 is 21.3 Å². The Hall–Kier alpha value is -1.42. The largest absolute Gasteiger partial charge is 0.481 e. The maximum Gasteiger partial charge on any atom is 0.481 e. The number of aromatic nitrogens is 2. The molecule has 1 unspecified atom stereocenters. The van der Waals surface area contributed by atoms with E-state index in [0.29, 0.717) is 0 Å². The van der Waals surface area contributed by atoms with Gasteiger partial charge in [-0.15, -0.1) is 0 Å². The van der Waals surface area contributed by atoms with Crippen LogP contribution in [0.2, 0.25) is 0 Å². The van der Waals surface area contributed by atoms with Crippen LogP contribution >= 0.6 is 15.6 Å².